The summed E-state index contributed by atoms with van der Waals surface area (Å²) in [6.07, 6.45) is 0. The van der Waals surface area contributed by atoms with E-state index in [-0.39, 0.29) is 5.91 Å². The highest BCUT2D eigenvalue weighted by molar-refractivity contribution is 7.22. The molecule has 0 fully saturated rings. The summed E-state index contributed by atoms with van der Waals surface area (Å²) in [5.74, 6) is -0.0334. The highest BCUT2D eigenvalue weighted by atomic mass is 35.5. The van der Waals surface area contributed by atoms with Crippen LogP contribution in [0.1, 0.15) is 27.3 Å². The lowest BCUT2D eigenvalue weighted by atomic mass is 10.1. The zero-order chi connectivity index (χ0) is 18.8. The molecule has 1 amide bonds. The van der Waals surface area contributed by atoms with E-state index in [2.05, 4.69) is 29.5 Å². The van der Waals surface area contributed by atoms with Crippen LogP contribution in [0.3, 0.4) is 0 Å². The van der Waals surface area contributed by atoms with Gasteiger partial charge in [-0.25, -0.2) is 4.98 Å². The van der Waals surface area contributed by atoms with Gasteiger partial charge < -0.3 is 14.2 Å². The van der Waals surface area contributed by atoms with Crippen molar-refractivity contribution in [2.24, 2.45) is 7.05 Å². The fourth-order valence-corrected chi connectivity index (χ4v) is 3.98. The first-order valence-corrected chi connectivity index (χ1v) is 9.56. The quantitative estimate of drug-likeness (QED) is 0.632. The van der Waals surface area contributed by atoms with Crippen LogP contribution in [-0.4, -0.2) is 40.6 Å². The molecule has 26 heavy (non-hydrogen) atoms. The summed E-state index contributed by atoms with van der Waals surface area (Å²) < 4.78 is 8.80. The summed E-state index contributed by atoms with van der Waals surface area (Å²) in [4.78, 5) is 19.2. The Morgan fingerprint density at radius 1 is 1.35 bits per heavy atom. The second-order valence-electron chi connectivity index (χ2n) is 6.32. The van der Waals surface area contributed by atoms with E-state index in [1.54, 1.807) is 7.11 Å². The molecular weight excluding hydrogens is 370 g/mol. The molecule has 0 atom stereocenters. The number of rotatable bonds is 6. The van der Waals surface area contributed by atoms with Crippen molar-refractivity contribution < 1.29 is 9.53 Å². The van der Waals surface area contributed by atoms with Gasteiger partial charge in [0.1, 0.15) is 0 Å². The Labute approximate surface area is 162 Å². The predicted molar refractivity (Wildman–Crippen MR) is 106 cm³/mol. The van der Waals surface area contributed by atoms with Crippen LogP contribution < -0.4 is 0 Å². The summed E-state index contributed by atoms with van der Waals surface area (Å²) in [6, 6.07) is 7.68. The molecular formula is C19H22ClN3O2S. The van der Waals surface area contributed by atoms with Crippen molar-refractivity contribution in [2.75, 3.05) is 20.3 Å². The molecule has 0 saturated heterocycles. The molecule has 5 nitrogen and oxygen atoms in total. The van der Waals surface area contributed by atoms with Gasteiger partial charge in [0.15, 0.2) is 4.47 Å². The number of ether oxygens (including phenoxy) is 1. The number of hydrogen-bond donors (Lipinski definition) is 0. The largest absolute Gasteiger partial charge is 0.383 e. The van der Waals surface area contributed by atoms with Crippen molar-refractivity contribution in [3.8, 4) is 0 Å². The number of halogens is 1. The highest BCUT2D eigenvalue weighted by Gasteiger charge is 2.19. The zero-order valence-electron chi connectivity index (χ0n) is 15.4. The Morgan fingerprint density at radius 2 is 2.12 bits per heavy atom. The van der Waals surface area contributed by atoms with Crippen molar-refractivity contribution in [3.05, 3.63) is 51.2 Å². The van der Waals surface area contributed by atoms with Crippen LogP contribution >= 0.6 is 22.9 Å². The monoisotopic (exact) mass is 391 g/mol. The maximum atomic E-state index is 13.1. The Hall–Kier alpha value is -1.89. The van der Waals surface area contributed by atoms with E-state index in [9.17, 15) is 4.79 Å². The smallest absolute Gasteiger partial charge is 0.254 e. The molecule has 7 heteroatoms. The lowest BCUT2D eigenvalue weighted by molar-refractivity contribution is 0.0680. The van der Waals surface area contributed by atoms with Crippen LogP contribution in [0.5, 0.6) is 0 Å². The molecule has 0 aliphatic heterocycles. The normalized spacial score (nSPS) is 11.3. The number of nitrogens with zero attached hydrogens (tertiary/aromatic N) is 3. The van der Waals surface area contributed by atoms with Crippen molar-refractivity contribution in [1.82, 2.24) is 14.5 Å². The topological polar surface area (TPSA) is 47.4 Å². The molecule has 0 spiro atoms. The van der Waals surface area contributed by atoms with Gasteiger partial charge >= 0.3 is 0 Å². The fraction of sp³-hybridized carbons (Fsp3) is 0.368. The Balaban J connectivity index is 1.89. The van der Waals surface area contributed by atoms with Gasteiger partial charge in [-0.2, -0.15) is 0 Å². The number of aromatic nitrogens is 2. The molecule has 0 N–H and O–H groups in total. The fourth-order valence-electron chi connectivity index (χ4n) is 2.97. The van der Waals surface area contributed by atoms with E-state index in [4.69, 9.17) is 16.3 Å². The molecule has 0 aliphatic carbocycles. The maximum Gasteiger partial charge on any atom is 0.254 e. The molecule has 0 aliphatic rings. The van der Waals surface area contributed by atoms with E-state index in [1.807, 2.05) is 30.1 Å². The maximum absolute atomic E-state index is 13.1. The van der Waals surface area contributed by atoms with Gasteiger partial charge in [-0.3, -0.25) is 4.79 Å². The van der Waals surface area contributed by atoms with Crippen LogP contribution in [0.4, 0.5) is 0 Å². The van der Waals surface area contributed by atoms with Gasteiger partial charge in [-0.15, -0.1) is 11.3 Å². The molecule has 0 saturated carbocycles. The predicted octanol–water partition coefficient (Wildman–Crippen LogP) is 4.19. The van der Waals surface area contributed by atoms with E-state index >= 15 is 0 Å². The molecule has 2 heterocycles. The Morgan fingerprint density at radius 3 is 2.77 bits per heavy atom. The summed E-state index contributed by atoms with van der Waals surface area (Å²) in [5.41, 5.74) is 4.85. The third kappa shape index (κ3) is 3.77. The van der Waals surface area contributed by atoms with E-state index < -0.39 is 0 Å². The lowest BCUT2D eigenvalue weighted by Crippen LogP contribution is -2.33. The first-order valence-electron chi connectivity index (χ1n) is 8.36. The number of methoxy groups -OCH3 is 1. The average Bonchev–Trinajstić information content (AvgIpc) is 3.11. The standard InChI is InChI=1S/C19H22ClN3O2S/c1-12-9-15(13(2)22(12)3)11-23(7-8-25-4)18(24)14-5-6-17-16(10-14)21-19(20)26-17/h5-6,9-10H,7-8,11H2,1-4H3. The lowest BCUT2D eigenvalue weighted by Gasteiger charge is -2.22. The highest BCUT2D eigenvalue weighted by Crippen LogP contribution is 2.27. The zero-order valence-corrected chi connectivity index (χ0v) is 16.9. The molecule has 0 radical (unpaired) electrons. The first-order chi connectivity index (χ1) is 12.4. The van der Waals surface area contributed by atoms with Crippen molar-refractivity contribution in [1.29, 1.82) is 0 Å². The Bertz CT molecular complexity index is 948. The SMILES string of the molecule is COCCN(Cc1cc(C)n(C)c1C)C(=O)c1ccc2sc(Cl)nc2c1. The van der Waals surface area contributed by atoms with Gasteiger partial charge in [0.2, 0.25) is 0 Å². The summed E-state index contributed by atoms with van der Waals surface area (Å²) >= 11 is 7.39. The van der Waals surface area contributed by atoms with Crippen LogP contribution in [0.2, 0.25) is 4.47 Å². The molecule has 0 bridgehead atoms. The second kappa shape index (κ2) is 7.78. The number of thiazole rings is 1. The van der Waals surface area contributed by atoms with Crippen molar-refractivity contribution >= 4 is 39.1 Å². The van der Waals surface area contributed by atoms with Crippen molar-refractivity contribution in [3.63, 3.8) is 0 Å². The van der Waals surface area contributed by atoms with Crippen molar-refractivity contribution in [2.45, 2.75) is 20.4 Å². The molecule has 2 aromatic heterocycles. The van der Waals surface area contributed by atoms with Crippen LogP contribution in [-0.2, 0) is 18.3 Å². The van der Waals surface area contributed by atoms with Crippen LogP contribution in [0.25, 0.3) is 10.2 Å². The number of fused-ring (bicyclic) bond motifs is 1. The minimum atomic E-state index is -0.0334. The summed E-state index contributed by atoms with van der Waals surface area (Å²) in [7, 11) is 3.68. The van der Waals surface area contributed by atoms with E-state index in [0.717, 1.165) is 15.8 Å². The average molecular weight is 392 g/mol. The first kappa shape index (κ1) is 18.9. The van der Waals surface area contributed by atoms with Gasteiger partial charge in [-0.05, 0) is 43.7 Å². The summed E-state index contributed by atoms with van der Waals surface area (Å²) in [6.45, 7) is 5.70. The number of hydrogen-bond acceptors (Lipinski definition) is 4. The minimum Gasteiger partial charge on any atom is -0.383 e. The molecule has 3 aromatic rings. The molecule has 0 unspecified atom stereocenters. The third-order valence-electron chi connectivity index (χ3n) is 4.70. The van der Waals surface area contributed by atoms with Gasteiger partial charge in [0, 0.05) is 44.2 Å². The number of benzene rings is 1. The summed E-state index contributed by atoms with van der Waals surface area (Å²) in [5, 5.41) is 0. The molecule has 138 valence electrons. The molecule has 3 rings (SSSR count). The van der Waals surface area contributed by atoms with Gasteiger partial charge in [0.05, 0.1) is 16.8 Å². The number of aryl methyl sites for hydroxylation is 1. The minimum absolute atomic E-state index is 0.0334. The number of carbonyl (C=O) groups excluding carboxylic acids is 1. The number of carbonyl (C=O) groups is 1. The van der Waals surface area contributed by atoms with Gasteiger partial charge in [0.25, 0.3) is 5.91 Å². The third-order valence-corrected chi connectivity index (χ3v) is 5.84. The van der Waals surface area contributed by atoms with Gasteiger partial charge in [-0.1, -0.05) is 11.6 Å². The van der Waals surface area contributed by atoms with E-state index in [0.29, 0.717) is 29.7 Å². The van der Waals surface area contributed by atoms with Crippen LogP contribution in [0.15, 0.2) is 24.3 Å². The van der Waals surface area contributed by atoms with E-state index in [1.165, 1.54) is 22.7 Å². The van der Waals surface area contributed by atoms with Crippen LogP contribution in [0, 0.1) is 13.8 Å². The number of amides is 1. The Kier molecular flexibility index (Phi) is 5.65. The second-order valence-corrected chi connectivity index (χ2v) is 7.94. The molecule has 1 aromatic carbocycles.